The minimum Gasteiger partial charge on any atom is -0.508 e. The lowest BCUT2D eigenvalue weighted by Gasteiger charge is -2.30. The molecule has 0 radical (unpaired) electrons. The van der Waals surface area contributed by atoms with Crippen molar-refractivity contribution in [3.8, 4) is 5.75 Å². The highest BCUT2D eigenvalue weighted by Crippen LogP contribution is 2.20. The Bertz CT molecular complexity index is 2340. The topological polar surface area (TPSA) is 424 Å². The van der Waals surface area contributed by atoms with Crippen LogP contribution in [0, 0.1) is 22.7 Å². The number of aromatic amines is 1. The Morgan fingerprint density at radius 3 is 1.70 bits per heavy atom. The third kappa shape index (κ3) is 20.9. The molecule has 3 rings (SSSR count). The van der Waals surface area contributed by atoms with Crippen LogP contribution in [0.3, 0.4) is 0 Å². The van der Waals surface area contributed by atoms with Gasteiger partial charge in [-0.3, -0.25) is 39.6 Å². The van der Waals surface area contributed by atoms with E-state index in [1.54, 1.807) is 25.3 Å². The van der Waals surface area contributed by atoms with Gasteiger partial charge in [0.15, 0.2) is 11.9 Å². The average molecular weight is 1030 g/mol. The smallest absolute Gasteiger partial charge is 0.326 e. The molecule has 3 aromatic rings. The molecule has 0 aliphatic carbocycles. The number of fused-ring (bicyclic) bond motifs is 1. The Balaban J connectivity index is 1.90. The SMILES string of the molecule is CC[C@H](C)[C@H](NC(=O)[C@H](Cc1c[nH]c2ccccc12)NC(=O)[C@@H](N)Cc1ccc(O)cc1)C(=O)N[C@@H](CC(C)C)C(=O)N[C@@H](CCCNC(=N)N)C(=O)N[C@@H](CCCCN)C(=O)N[C@@H](CCCNC(=N)N)C(=O)O. The fraction of sp³-hybridized carbons (Fsp3) is 0.540. The molecule has 6 amide bonds. The monoisotopic (exact) mass is 1030 g/mol. The predicted molar refractivity (Wildman–Crippen MR) is 281 cm³/mol. The number of aliphatic carboxylic acids is 1. The molecule has 0 saturated heterocycles. The van der Waals surface area contributed by atoms with Crippen molar-refractivity contribution in [1.82, 2.24) is 47.5 Å². The number of phenolic OH excluding ortho intramolecular Hbond substituents is 1. The molecule has 8 atom stereocenters. The number of aromatic hydroxyl groups is 1. The summed E-state index contributed by atoms with van der Waals surface area (Å²) >= 11 is 0. The molecular weight excluding hydrogens is 955 g/mol. The minimum absolute atomic E-state index is 0.0156. The average Bonchev–Trinajstić information content (AvgIpc) is 3.76. The quantitative estimate of drug-likeness (QED) is 0.0212. The number of unbranched alkanes of at least 4 members (excludes halogenated alkanes) is 1. The molecule has 408 valence electrons. The van der Waals surface area contributed by atoms with Gasteiger partial charge in [-0.25, -0.2) is 4.79 Å². The zero-order valence-corrected chi connectivity index (χ0v) is 42.9. The first-order chi connectivity index (χ1) is 35.1. The maximum absolute atomic E-state index is 14.5. The molecule has 0 aliphatic heterocycles. The summed E-state index contributed by atoms with van der Waals surface area (Å²) in [6, 6.07) is 5.01. The number of carbonyl (C=O) groups is 7. The van der Waals surface area contributed by atoms with Gasteiger partial charge < -0.3 is 80.7 Å². The van der Waals surface area contributed by atoms with Crippen LogP contribution in [0.25, 0.3) is 10.9 Å². The van der Waals surface area contributed by atoms with Crippen molar-refractivity contribution in [2.24, 2.45) is 34.8 Å². The van der Waals surface area contributed by atoms with Crippen molar-refractivity contribution in [3.63, 3.8) is 0 Å². The second-order valence-electron chi connectivity index (χ2n) is 18.9. The van der Waals surface area contributed by atoms with Gasteiger partial charge in [0.1, 0.15) is 42.0 Å². The van der Waals surface area contributed by atoms with Crippen molar-refractivity contribution >= 4 is 64.2 Å². The van der Waals surface area contributed by atoms with E-state index < -0.39 is 89.6 Å². The van der Waals surface area contributed by atoms with E-state index in [0.29, 0.717) is 30.4 Å². The van der Waals surface area contributed by atoms with Gasteiger partial charge in [-0.1, -0.05) is 64.4 Å². The van der Waals surface area contributed by atoms with E-state index in [4.69, 9.17) is 33.8 Å². The number of nitrogens with one attached hydrogen (secondary N) is 11. The molecule has 0 fully saturated rings. The Kier molecular flexibility index (Phi) is 25.6. The first kappa shape index (κ1) is 60.8. The Morgan fingerprint density at radius 1 is 0.635 bits per heavy atom. The lowest BCUT2D eigenvalue weighted by Crippen LogP contribution is -2.61. The van der Waals surface area contributed by atoms with Gasteiger partial charge in [0.25, 0.3) is 0 Å². The van der Waals surface area contributed by atoms with Crippen LogP contribution < -0.4 is 65.5 Å². The van der Waals surface area contributed by atoms with Gasteiger partial charge in [0, 0.05) is 36.6 Å². The van der Waals surface area contributed by atoms with Crippen molar-refractivity contribution in [3.05, 3.63) is 65.9 Å². The molecule has 0 saturated carbocycles. The number of carboxylic acid groups (broad SMARTS) is 1. The van der Waals surface area contributed by atoms with Gasteiger partial charge in [-0.2, -0.15) is 0 Å². The van der Waals surface area contributed by atoms with Crippen LogP contribution >= 0.6 is 0 Å². The highest BCUT2D eigenvalue weighted by atomic mass is 16.4. The van der Waals surface area contributed by atoms with Gasteiger partial charge in [0.2, 0.25) is 35.4 Å². The van der Waals surface area contributed by atoms with Crippen LogP contribution in [0.2, 0.25) is 0 Å². The lowest BCUT2D eigenvalue weighted by molar-refractivity contribution is -0.142. The number of para-hydroxylation sites is 1. The number of guanidine groups is 2. The van der Waals surface area contributed by atoms with E-state index >= 15 is 0 Å². The van der Waals surface area contributed by atoms with Crippen LogP contribution in [0.4, 0.5) is 0 Å². The molecule has 24 heteroatoms. The summed E-state index contributed by atoms with van der Waals surface area (Å²) in [4.78, 5) is 100. The van der Waals surface area contributed by atoms with Gasteiger partial charge >= 0.3 is 5.97 Å². The van der Waals surface area contributed by atoms with Crippen LogP contribution in [0.1, 0.15) is 96.6 Å². The number of aromatic nitrogens is 1. The fourth-order valence-corrected chi connectivity index (χ4v) is 8.07. The summed E-state index contributed by atoms with van der Waals surface area (Å²) in [5.74, 6) is -6.88. The number of carboxylic acids is 1. The first-order valence-corrected chi connectivity index (χ1v) is 25.1. The summed E-state index contributed by atoms with van der Waals surface area (Å²) in [7, 11) is 0. The maximum Gasteiger partial charge on any atom is 0.326 e. The highest BCUT2D eigenvalue weighted by molar-refractivity contribution is 5.97. The van der Waals surface area contributed by atoms with Crippen molar-refractivity contribution in [1.29, 1.82) is 10.8 Å². The molecule has 74 heavy (non-hydrogen) atoms. The number of carbonyl (C=O) groups excluding carboxylic acids is 6. The van der Waals surface area contributed by atoms with Crippen LogP contribution in [0.5, 0.6) is 5.75 Å². The highest BCUT2D eigenvalue weighted by Gasteiger charge is 2.36. The minimum atomic E-state index is -1.34. The van der Waals surface area contributed by atoms with Gasteiger partial charge in [-0.05, 0) is 105 Å². The molecule has 24 nitrogen and oxygen atoms in total. The molecule has 1 aromatic heterocycles. The van der Waals surface area contributed by atoms with Crippen LogP contribution in [-0.4, -0.2) is 130 Å². The summed E-state index contributed by atoms with van der Waals surface area (Å²) in [5, 5.41) is 56.9. The number of H-pyrrole nitrogens is 1. The molecule has 2 aromatic carbocycles. The van der Waals surface area contributed by atoms with E-state index in [0.717, 1.165) is 10.9 Å². The lowest BCUT2D eigenvalue weighted by atomic mass is 9.95. The van der Waals surface area contributed by atoms with Crippen LogP contribution in [-0.2, 0) is 46.4 Å². The third-order valence-electron chi connectivity index (χ3n) is 12.4. The Morgan fingerprint density at radius 2 is 1.15 bits per heavy atom. The molecule has 0 aliphatic rings. The number of hydrogen-bond donors (Lipinski definition) is 17. The number of rotatable bonds is 33. The molecule has 1 heterocycles. The summed E-state index contributed by atoms with van der Waals surface area (Å²) in [5.41, 5.74) is 25.1. The van der Waals surface area contributed by atoms with Gasteiger partial charge in [0.05, 0.1) is 6.04 Å². The molecule has 0 unspecified atom stereocenters. The number of benzene rings is 2. The predicted octanol–water partition coefficient (Wildman–Crippen LogP) is -0.273. The third-order valence-corrected chi connectivity index (χ3v) is 12.4. The first-order valence-electron chi connectivity index (χ1n) is 25.1. The van der Waals surface area contributed by atoms with Gasteiger partial charge in [-0.15, -0.1) is 0 Å². The number of hydrogen-bond acceptors (Lipinski definition) is 12. The van der Waals surface area contributed by atoms with Crippen LogP contribution in [0.15, 0.2) is 54.7 Å². The van der Waals surface area contributed by atoms with Crippen molar-refractivity contribution in [2.45, 2.75) is 141 Å². The molecule has 0 spiro atoms. The van der Waals surface area contributed by atoms with E-state index in [1.165, 1.54) is 12.1 Å². The standard InChI is InChI=1S/C50H79N15O9/c1-5-29(4)41(65-46(71)40(26-31-27-59-35-13-7-6-12-33(31)35)63-42(67)34(52)25-30-17-19-32(66)20-18-30)47(72)64-39(24-28(2)3)45(70)61-37(15-10-22-57-49(53)54)43(68)60-36(14-8-9-21-51)44(69)62-38(48(73)74)16-11-23-58-50(55)56/h6-7,12-13,17-20,27-29,34,36-41,59,66H,5,8-11,14-16,21-26,51-52H2,1-4H3,(H,60,68)(H,61,70)(H,62,69)(H,63,67)(H,64,72)(H,65,71)(H,73,74)(H4,53,54,57)(H4,55,56,58)/t29-,34-,36-,37-,38-,39-,40-,41-/m0/s1. The van der Waals surface area contributed by atoms with Crippen molar-refractivity contribution in [2.75, 3.05) is 19.6 Å². The van der Waals surface area contributed by atoms with E-state index in [1.807, 2.05) is 45.0 Å². The molecular formula is C50H79N15O9. The van der Waals surface area contributed by atoms with E-state index in [2.05, 4.69) is 47.5 Å². The second-order valence-corrected chi connectivity index (χ2v) is 18.9. The Labute approximate surface area is 431 Å². The van der Waals surface area contributed by atoms with E-state index in [9.17, 15) is 43.8 Å². The van der Waals surface area contributed by atoms with Crippen molar-refractivity contribution < 1.29 is 43.8 Å². The Hall–Kier alpha value is -7.47. The summed E-state index contributed by atoms with van der Waals surface area (Å²) in [6.45, 7) is 7.85. The number of nitrogens with two attached hydrogens (primary N) is 4. The summed E-state index contributed by atoms with van der Waals surface area (Å²) in [6.07, 6.45) is 3.72. The largest absolute Gasteiger partial charge is 0.508 e. The number of phenols is 1. The number of amides is 6. The molecule has 0 bridgehead atoms. The normalized spacial score (nSPS) is 14.4. The fourth-order valence-electron chi connectivity index (χ4n) is 8.07. The zero-order chi connectivity index (χ0) is 54.9. The summed E-state index contributed by atoms with van der Waals surface area (Å²) < 4.78 is 0. The molecule has 21 N–H and O–H groups in total. The zero-order valence-electron chi connectivity index (χ0n) is 42.9. The van der Waals surface area contributed by atoms with E-state index in [-0.39, 0.29) is 94.6 Å². The second kappa shape index (κ2) is 31.2. The maximum atomic E-state index is 14.5.